The van der Waals surface area contributed by atoms with Gasteiger partial charge in [0, 0.05) is 24.1 Å². The molecule has 0 aromatic heterocycles. The number of para-hydroxylation sites is 1. The average Bonchev–Trinajstić information content (AvgIpc) is 2.64. The van der Waals surface area contributed by atoms with Gasteiger partial charge in [-0.05, 0) is 44.5 Å². The van der Waals surface area contributed by atoms with Crippen molar-refractivity contribution in [1.82, 2.24) is 5.43 Å². The molecular formula is C21H25N3O3. The van der Waals surface area contributed by atoms with Crippen LogP contribution in [0.3, 0.4) is 0 Å². The predicted molar refractivity (Wildman–Crippen MR) is 107 cm³/mol. The molecule has 0 radical (unpaired) electrons. The molecule has 0 aliphatic carbocycles. The molecule has 0 spiro atoms. The normalized spacial score (nSPS) is 10.6. The van der Waals surface area contributed by atoms with Gasteiger partial charge in [0.15, 0.2) is 0 Å². The Morgan fingerprint density at radius 1 is 1.07 bits per heavy atom. The first kappa shape index (κ1) is 20.2. The van der Waals surface area contributed by atoms with Crippen LogP contribution in [0.15, 0.2) is 47.6 Å². The van der Waals surface area contributed by atoms with E-state index in [1.807, 2.05) is 63.2 Å². The minimum atomic E-state index is -0.323. The molecule has 142 valence electrons. The monoisotopic (exact) mass is 367 g/mol. The number of hydrogen-bond acceptors (Lipinski definition) is 4. The van der Waals surface area contributed by atoms with E-state index in [0.717, 1.165) is 22.4 Å². The number of hydrazone groups is 1. The van der Waals surface area contributed by atoms with Gasteiger partial charge in [-0.1, -0.05) is 29.8 Å². The summed E-state index contributed by atoms with van der Waals surface area (Å²) in [6, 6.07) is 13.2. The van der Waals surface area contributed by atoms with Crippen molar-refractivity contribution in [3.8, 4) is 5.75 Å². The fourth-order valence-electron chi connectivity index (χ4n) is 2.50. The number of carbonyl (C=O) groups excluding carboxylic acids is 2. The summed E-state index contributed by atoms with van der Waals surface area (Å²) in [7, 11) is 0. The summed E-state index contributed by atoms with van der Waals surface area (Å²) in [5.41, 5.74) is 6.09. The highest BCUT2D eigenvalue weighted by Gasteiger charge is 2.08. The van der Waals surface area contributed by atoms with E-state index >= 15 is 0 Å². The number of aryl methyl sites for hydroxylation is 2. The van der Waals surface area contributed by atoms with Crippen molar-refractivity contribution < 1.29 is 14.3 Å². The molecule has 2 aromatic rings. The second-order valence-corrected chi connectivity index (χ2v) is 6.13. The summed E-state index contributed by atoms with van der Waals surface area (Å²) in [5.74, 6) is 0.171. The van der Waals surface area contributed by atoms with Gasteiger partial charge >= 0.3 is 0 Å². The van der Waals surface area contributed by atoms with Crippen LogP contribution in [0, 0.1) is 13.8 Å². The van der Waals surface area contributed by atoms with Crippen LogP contribution in [0.4, 0.5) is 5.69 Å². The Bertz CT molecular complexity index is 831. The lowest BCUT2D eigenvalue weighted by molar-refractivity contribution is -0.124. The number of anilines is 1. The second kappa shape index (κ2) is 10.1. The number of rotatable bonds is 8. The standard InChI is InChI=1S/C21H25N3O3/c1-4-27-19-8-6-5-7-17(19)14-22-24-21(26)12-11-20(25)23-18-10-9-15(2)13-16(18)3/h5-10,13-14H,4,11-12H2,1-3H3,(H,23,25)(H,24,26)/b22-14+. The first-order valence-electron chi connectivity index (χ1n) is 8.90. The lowest BCUT2D eigenvalue weighted by Gasteiger charge is -2.09. The number of nitrogens with one attached hydrogen (secondary N) is 2. The number of benzene rings is 2. The molecule has 0 aliphatic rings. The van der Waals surface area contributed by atoms with Crippen molar-refractivity contribution in [2.45, 2.75) is 33.6 Å². The Labute approximate surface area is 159 Å². The molecule has 0 saturated heterocycles. The van der Waals surface area contributed by atoms with E-state index < -0.39 is 0 Å². The first-order valence-corrected chi connectivity index (χ1v) is 8.90. The summed E-state index contributed by atoms with van der Waals surface area (Å²) in [6.07, 6.45) is 1.67. The molecule has 0 unspecified atom stereocenters. The fourth-order valence-corrected chi connectivity index (χ4v) is 2.50. The number of carbonyl (C=O) groups is 2. The van der Waals surface area contributed by atoms with Crippen LogP contribution < -0.4 is 15.5 Å². The van der Waals surface area contributed by atoms with Gasteiger partial charge < -0.3 is 10.1 Å². The molecule has 6 heteroatoms. The lowest BCUT2D eigenvalue weighted by Crippen LogP contribution is -2.21. The highest BCUT2D eigenvalue weighted by atomic mass is 16.5. The maximum Gasteiger partial charge on any atom is 0.240 e. The molecule has 2 N–H and O–H groups in total. The Hall–Kier alpha value is -3.15. The molecule has 27 heavy (non-hydrogen) atoms. The van der Waals surface area contributed by atoms with Crippen molar-refractivity contribution in [1.29, 1.82) is 0 Å². The Balaban J connectivity index is 1.80. The Morgan fingerprint density at radius 2 is 1.81 bits per heavy atom. The Morgan fingerprint density at radius 3 is 2.56 bits per heavy atom. The fraction of sp³-hybridized carbons (Fsp3) is 0.286. The van der Waals surface area contributed by atoms with Gasteiger partial charge in [-0.25, -0.2) is 5.43 Å². The molecule has 0 saturated carbocycles. The smallest absolute Gasteiger partial charge is 0.240 e. The van der Waals surface area contributed by atoms with Gasteiger partial charge in [-0.2, -0.15) is 5.10 Å². The first-order chi connectivity index (χ1) is 13.0. The van der Waals surface area contributed by atoms with Gasteiger partial charge in [0.25, 0.3) is 0 Å². The van der Waals surface area contributed by atoms with Crippen LogP contribution in [-0.2, 0) is 9.59 Å². The summed E-state index contributed by atoms with van der Waals surface area (Å²) in [5, 5.41) is 6.76. The molecule has 0 fully saturated rings. The molecule has 0 heterocycles. The Kier molecular flexibility index (Phi) is 7.55. The lowest BCUT2D eigenvalue weighted by atomic mass is 10.1. The molecule has 0 aliphatic heterocycles. The minimum Gasteiger partial charge on any atom is -0.493 e. The number of ether oxygens (including phenoxy) is 1. The van der Waals surface area contributed by atoms with E-state index in [-0.39, 0.29) is 24.7 Å². The summed E-state index contributed by atoms with van der Waals surface area (Å²) in [4.78, 5) is 23.9. The van der Waals surface area contributed by atoms with Crippen molar-refractivity contribution in [3.05, 3.63) is 59.2 Å². The van der Waals surface area contributed by atoms with E-state index in [9.17, 15) is 9.59 Å². The summed E-state index contributed by atoms with van der Waals surface area (Å²) < 4.78 is 5.49. The maximum absolute atomic E-state index is 12.0. The van der Waals surface area contributed by atoms with E-state index in [0.29, 0.717) is 12.4 Å². The van der Waals surface area contributed by atoms with E-state index in [2.05, 4.69) is 15.8 Å². The molecule has 0 bridgehead atoms. The number of nitrogens with zero attached hydrogens (tertiary/aromatic N) is 1. The molecule has 6 nitrogen and oxygen atoms in total. The van der Waals surface area contributed by atoms with Crippen LogP contribution in [-0.4, -0.2) is 24.6 Å². The largest absolute Gasteiger partial charge is 0.493 e. The van der Waals surface area contributed by atoms with Crippen LogP contribution in [0.5, 0.6) is 5.75 Å². The van der Waals surface area contributed by atoms with Crippen molar-refractivity contribution in [2.24, 2.45) is 5.10 Å². The number of hydrogen-bond donors (Lipinski definition) is 2. The topological polar surface area (TPSA) is 79.8 Å². The summed E-state index contributed by atoms with van der Waals surface area (Å²) >= 11 is 0. The summed E-state index contributed by atoms with van der Waals surface area (Å²) in [6.45, 7) is 6.38. The highest BCUT2D eigenvalue weighted by Crippen LogP contribution is 2.17. The molecule has 2 amide bonds. The van der Waals surface area contributed by atoms with Gasteiger partial charge in [0.2, 0.25) is 11.8 Å². The third kappa shape index (κ3) is 6.58. The number of amides is 2. The second-order valence-electron chi connectivity index (χ2n) is 6.13. The highest BCUT2D eigenvalue weighted by molar-refractivity contribution is 5.94. The van der Waals surface area contributed by atoms with Crippen molar-refractivity contribution >= 4 is 23.7 Å². The maximum atomic E-state index is 12.0. The van der Waals surface area contributed by atoms with Crippen LogP contribution in [0.2, 0.25) is 0 Å². The molecule has 2 aromatic carbocycles. The van der Waals surface area contributed by atoms with E-state index in [4.69, 9.17) is 4.74 Å². The predicted octanol–water partition coefficient (Wildman–Crippen LogP) is 3.57. The molecule has 0 atom stereocenters. The quantitative estimate of drug-likeness (QED) is 0.553. The zero-order valence-electron chi connectivity index (χ0n) is 15.9. The van der Waals surface area contributed by atoms with E-state index in [1.54, 1.807) is 0 Å². The van der Waals surface area contributed by atoms with Crippen LogP contribution >= 0.6 is 0 Å². The molecular weight excluding hydrogens is 342 g/mol. The molecule has 2 rings (SSSR count). The van der Waals surface area contributed by atoms with Gasteiger partial charge in [0.05, 0.1) is 12.8 Å². The zero-order chi connectivity index (χ0) is 19.6. The van der Waals surface area contributed by atoms with Crippen LogP contribution in [0.1, 0.15) is 36.5 Å². The minimum absolute atomic E-state index is 0.0567. The van der Waals surface area contributed by atoms with E-state index in [1.165, 1.54) is 6.21 Å². The zero-order valence-corrected chi connectivity index (χ0v) is 15.9. The average molecular weight is 367 g/mol. The van der Waals surface area contributed by atoms with Gasteiger partial charge in [-0.3, -0.25) is 9.59 Å². The third-order valence-electron chi connectivity index (χ3n) is 3.85. The van der Waals surface area contributed by atoms with Gasteiger partial charge in [-0.15, -0.1) is 0 Å². The van der Waals surface area contributed by atoms with Crippen LogP contribution in [0.25, 0.3) is 0 Å². The van der Waals surface area contributed by atoms with Gasteiger partial charge in [0.1, 0.15) is 5.75 Å². The van der Waals surface area contributed by atoms with Crippen molar-refractivity contribution in [3.63, 3.8) is 0 Å². The third-order valence-corrected chi connectivity index (χ3v) is 3.85. The SMILES string of the molecule is CCOc1ccccc1/C=N/NC(=O)CCC(=O)Nc1ccc(C)cc1C. The van der Waals surface area contributed by atoms with Crippen molar-refractivity contribution in [2.75, 3.05) is 11.9 Å².